The van der Waals surface area contributed by atoms with E-state index in [0.717, 1.165) is 5.56 Å². The van der Waals surface area contributed by atoms with Gasteiger partial charge in [-0.2, -0.15) is 0 Å². The summed E-state index contributed by atoms with van der Waals surface area (Å²) in [5.41, 5.74) is 0.853. The number of ketones is 1. The molecule has 0 radical (unpaired) electrons. The number of fused-ring (bicyclic) bond motifs is 1. The molecule has 0 atom stereocenters. The number of hydrogen-bond acceptors (Lipinski definition) is 6. The first-order valence-corrected chi connectivity index (χ1v) is 10.6. The predicted molar refractivity (Wildman–Crippen MR) is 120 cm³/mol. The van der Waals surface area contributed by atoms with E-state index in [1.54, 1.807) is 62.6 Å². The summed E-state index contributed by atoms with van der Waals surface area (Å²) in [6.45, 7) is 1.07. The first-order valence-electron chi connectivity index (χ1n) is 10.6. The lowest BCUT2D eigenvalue weighted by Gasteiger charge is -2.43. The number of methoxy groups -OCH3 is 3. The Hall–Kier alpha value is -3.48. The van der Waals surface area contributed by atoms with Gasteiger partial charge in [-0.25, -0.2) is 0 Å². The minimum Gasteiger partial charge on any atom is -0.497 e. The monoisotopic (exact) mass is 437 g/mol. The fourth-order valence-corrected chi connectivity index (χ4v) is 4.24. The van der Waals surface area contributed by atoms with Crippen LogP contribution in [0.15, 0.2) is 42.5 Å². The summed E-state index contributed by atoms with van der Waals surface area (Å²) in [5.74, 6) is 2.46. The molecule has 0 aliphatic carbocycles. The molecule has 0 saturated carbocycles. The first kappa shape index (κ1) is 21.7. The van der Waals surface area contributed by atoms with E-state index >= 15 is 0 Å². The number of Topliss-reactive ketones (excluding diaryl/α,β-unsaturated/α-hetero) is 1. The molecule has 168 valence electrons. The van der Waals surface area contributed by atoms with Crippen molar-refractivity contribution >= 4 is 17.8 Å². The molecule has 2 aliphatic heterocycles. The molecule has 7 nitrogen and oxygen atoms in total. The zero-order valence-electron chi connectivity index (χ0n) is 18.6. The van der Waals surface area contributed by atoms with Crippen molar-refractivity contribution < 1.29 is 28.5 Å². The number of amides is 1. The molecule has 1 saturated heterocycles. The van der Waals surface area contributed by atoms with E-state index in [9.17, 15) is 9.59 Å². The van der Waals surface area contributed by atoms with Crippen LogP contribution in [0.25, 0.3) is 6.08 Å². The summed E-state index contributed by atoms with van der Waals surface area (Å²) in [6.07, 6.45) is 4.86. The van der Waals surface area contributed by atoms with Crippen LogP contribution in [0.2, 0.25) is 0 Å². The molecule has 1 amide bonds. The van der Waals surface area contributed by atoms with Crippen molar-refractivity contribution in [3.8, 4) is 23.0 Å². The molecule has 2 heterocycles. The number of ether oxygens (including phenoxy) is 4. The van der Waals surface area contributed by atoms with Crippen molar-refractivity contribution in [3.05, 3.63) is 53.6 Å². The van der Waals surface area contributed by atoms with Gasteiger partial charge in [0.2, 0.25) is 5.91 Å². The smallest absolute Gasteiger partial charge is 0.246 e. The molecule has 0 aromatic heterocycles. The molecule has 2 aliphatic rings. The Morgan fingerprint density at radius 3 is 2.44 bits per heavy atom. The van der Waals surface area contributed by atoms with Crippen molar-refractivity contribution in [2.24, 2.45) is 0 Å². The minimum absolute atomic E-state index is 0.0540. The van der Waals surface area contributed by atoms with Crippen LogP contribution in [0.5, 0.6) is 23.0 Å². The number of nitrogens with zero attached hydrogens (tertiary/aromatic N) is 1. The number of piperidine rings is 1. The summed E-state index contributed by atoms with van der Waals surface area (Å²) < 4.78 is 22.0. The Morgan fingerprint density at radius 1 is 1.00 bits per heavy atom. The Labute approximate surface area is 187 Å². The minimum atomic E-state index is -0.553. The summed E-state index contributed by atoms with van der Waals surface area (Å²) >= 11 is 0. The van der Waals surface area contributed by atoms with Crippen LogP contribution in [-0.4, -0.2) is 56.6 Å². The van der Waals surface area contributed by atoms with Crippen molar-refractivity contribution in [3.63, 3.8) is 0 Å². The van der Waals surface area contributed by atoms with Crippen molar-refractivity contribution in [1.82, 2.24) is 4.90 Å². The van der Waals surface area contributed by atoms with Crippen LogP contribution < -0.4 is 18.9 Å². The number of rotatable bonds is 5. The zero-order chi connectivity index (χ0) is 22.7. The Balaban J connectivity index is 1.40. The van der Waals surface area contributed by atoms with Crippen LogP contribution >= 0.6 is 0 Å². The van der Waals surface area contributed by atoms with Gasteiger partial charge < -0.3 is 23.8 Å². The van der Waals surface area contributed by atoms with Gasteiger partial charge in [-0.05, 0) is 42.0 Å². The highest BCUT2D eigenvalue weighted by Crippen LogP contribution is 2.40. The second-order valence-electron chi connectivity index (χ2n) is 8.02. The summed E-state index contributed by atoms with van der Waals surface area (Å²) in [6, 6.07) is 10.8. The fraction of sp³-hybridized carbons (Fsp3) is 0.360. The second kappa shape index (κ2) is 8.94. The van der Waals surface area contributed by atoms with Crippen molar-refractivity contribution in [1.29, 1.82) is 0 Å². The molecule has 1 spiro atoms. The highest BCUT2D eigenvalue weighted by Gasteiger charge is 2.43. The molecular formula is C25H27NO6. The van der Waals surface area contributed by atoms with Gasteiger partial charge in [0.25, 0.3) is 0 Å². The molecule has 0 N–H and O–H groups in total. The average molecular weight is 437 g/mol. The molecule has 1 fully saturated rings. The van der Waals surface area contributed by atoms with Crippen LogP contribution in [0.4, 0.5) is 0 Å². The van der Waals surface area contributed by atoms with Crippen molar-refractivity contribution in [2.75, 3.05) is 34.4 Å². The van der Waals surface area contributed by atoms with E-state index in [-0.39, 0.29) is 11.7 Å². The molecule has 7 heteroatoms. The molecule has 0 bridgehead atoms. The number of carbonyl (C=O) groups excluding carboxylic acids is 2. The second-order valence-corrected chi connectivity index (χ2v) is 8.02. The lowest BCUT2D eigenvalue weighted by atomic mass is 9.82. The van der Waals surface area contributed by atoms with Gasteiger partial charge in [0.05, 0.1) is 33.3 Å². The van der Waals surface area contributed by atoms with E-state index in [4.69, 9.17) is 18.9 Å². The Kier molecular flexibility index (Phi) is 6.08. The van der Waals surface area contributed by atoms with Gasteiger partial charge in [-0.3, -0.25) is 9.59 Å². The van der Waals surface area contributed by atoms with Crippen LogP contribution in [-0.2, 0) is 4.79 Å². The van der Waals surface area contributed by atoms with Gasteiger partial charge in [0, 0.05) is 32.0 Å². The maximum absolute atomic E-state index is 12.8. The lowest BCUT2D eigenvalue weighted by Crippen LogP contribution is -2.52. The normalized spacial score (nSPS) is 17.1. The number of hydrogen-bond donors (Lipinski definition) is 0. The average Bonchev–Trinajstić information content (AvgIpc) is 2.82. The predicted octanol–water partition coefficient (Wildman–Crippen LogP) is 3.75. The summed E-state index contributed by atoms with van der Waals surface area (Å²) in [5, 5.41) is 0. The van der Waals surface area contributed by atoms with Crippen LogP contribution in [0.1, 0.15) is 35.2 Å². The van der Waals surface area contributed by atoms with E-state index in [1.807, 2.05) is 12.1 Å². The lowest BCUT2D eigenvalue weighted by molar-refractivity contribution is -0.129. The third-order valence-electron chi connectivity index (χ3n) is 6.11. The number of benzene rings is 2. The largest absolute Gasteiger partial charge is 0.497 e. The maximum Gasteiger partial charge on any atom is 0.246 e. The van der Waals surface area contributed by atoms with Crippen LogP contribution in [0, 0.1) is 0 Å². The van der Waals surface area contributed by atoms with Gasteiger partial charge in [-0.15, -0.1) is 0 Å². The van der Waals surface area contributed by atoms with Crippen LogP contribution in [0.3, 0.4) is 0 Å². The van der Waals surface area contributed by atoms with E-state index in [2.05, 4.69) is 0 Å². The summed E-state index contributed by atoms with van der Waals surface area (Å²) in [7, 11) is 4.73. The molecule has 32 heavy (non-hydrogen) atoms. The third kappa shape index (κ3) is 4.28. The molecular weight excluding hydrogens is 410 g/mol. The quantitative estimate of drug-likeness (QED) is 0.664. The van der Waals surface area contributed by atoms with E-state index < -0.39 is 5.60 Å². The fourth-order valence-electron chi connectivity index (χ4n) is 4.24. The summed E-state index contributed by atoms with van der Waals surface area (Å²) in [4.78, 5) is 27.3. The van der Waals surface area contributed by atoms with Crippen molar-refractivity contribution in [2.45, 2.75) is 24.9 Å². The van der Waals surface area contributed by atoms with Gasteiger partial charge in [-0.1, -0.05) is 6.07 Å². The van der Waals surface area contributed by atoms with E-state index in [0.29, 0.717) is 60.9 Å². The topological polar surface area (TPSA) is 74.3 Å². The zero-order valence-corrected chi connectivity index (χ0v) is 18.6. The highest BCUT2D eigenvalue weighted by atomic mass is 16.5. The molecule has 2 aromatic rings. The van der Waals surface area contributed by atoms with Gasteiger partial charge in [0.1, 0.15) is 17.1 Å². The number of carbonyl (C=O) groups is 2. The Bertz CT molecular complexity index is 1050. The highest BCUT2D eigenvalue weighted by molar-refractivity contribution is 6.00. The molecule has 2 aromatic carbocycles. The number of likely N-dealkylation sites (tertiary alicyclic amines) is 1. The SMILES string of the molecule is COc1ccc2c(c1)C(=O)CC1(CCN(C(=O)/C=C/c3ccc(OC)c(OC)c3)CC1)O2. The first-order chi connectivity index (χ1) is 15.5. The molecule has 4 rings (SSSR count). The maximum atomic E-state index is 12.8. The Morgan fingerprint density at radius 2 is 1.75 bits per heavy atom. The van der Waals surface area contributed by atoms with Gasteiger partial charge in [0.15, 0.2) is 17.3 Å². The van der Waals surface area contributed by atoms with E-state index in [1.165, 1.54) is 0 Å². The third-order valence-corrected chi connectivity index (χ3v) is 6.11. The van der Waals surface area contributed by atoms with Gasteiger partial charge >= 0.3 is 0 Å². The standard InChI is InChI=1S/C25H27NO6/c1-29-18-6-8-21-19(15-18)20(27)16-25(32-21)10-12-26(13-11-25)24(28)9-5-17-4-7-22(30-2)23(14-17)31-3/h4-9,14-15H,10-13,16H2,1-3H3/b9-5+. The molecule has 0 unspecified atom stereocenters.